The number of piperazine rings is 1. The highest BCUT2D eigenvalue weighted by atomic mass is 16.2. The maximum atomic E-state index is 13.1. The number of hydrogen-bond acceptors (Lipinski definition) is 2. The Bertz CT molecular complexity index is 405. The first-order chi connectivity index (χ1) is 9.23. The summed E-state index contributed by atoms with van der Waals surface area (Å²) in [7, 11) is 0. The summed E-state index contributed by atoms with van der Waals surface area (Å²) in [6, 6.07) is -0.258. The zero-order valence-corrected chi connectivity index (χ0v) is 13.5. The molecule has 2 rings (SSSR count). The summed E-state index contributed by atoms with van der Waals surface area (Å²) in [6.45, 7) is 10.4. The first kappa shape index (κ1) is 15.3. The van der Waals surface area contributed by atoms with Crippen molar-refractivity contribution in [2.75, 3.05) is 0 Å². The Labute approximate surface area is 122 Å². The highest BCUT2D eigenvalue weighted by molar-refractivity contribution is 6.00. The second-order valence-electron chi connectivity index (χ2n) is 7.46. The van der Waals surface area contributed by atoms with Crippen LogP contribution < -0.4 is 5.32 Å². The number of amides is 2. The molecule has 2 amide bonds. The summed E-state index contributed by atoms with van der Waals surface area (Å²) in [6.07, 6.45) is 4.32. The molecule has 1 saturated carbocycles. The molecule has 2 atom stereocenters. The van der Waals surface area contributed by atoms with Gasteiger partial charge in [-0.3, -0.25) is 9.59 Å². The van der Waals surface area contributed by atoms with Gasteiger partial charge in [0.15, 0.2) is 0 Å². The van der Waals surface area contributed by atoms with Crippen LogP contribution in [0.1, 0.15) is 66.7 Å². The van der Waals surface area contributed by atoms with Crippen molar-refractivity contribution in [1.29, 1.82) is 0 Å². The molecule has 1 heterocycles. The minimum atomic E-state index is -0.609. The fourth-order valence-electron chi connectivity index (χ4n) is 3.45. The third-order valence-electron chi connectivity index (χ3n) is 5.16. The molecule has 0 aromatic rings. The van der Waals surface area contributed by atoms with E-state index in [4.69, 9.17) is 0 Å². The van der Waals surface area contributed by atoms with Gasteiger partial charge in [-0.15, -0.1) is 0 Å². The lowest BCUT2D eigenvalue weighted by Gasteiger charge is -2.50. The van der Waals surface area contributed by atoms with Crippen LogP contribution >= 0.6 is 0 Å². The summed E-state index contributed by atoms with van der Waals surface area (Å²) in [5.41, 5.74) is -0.636. The third kappa shape index (κ3) is 2.33. The third-order valence-corrected chi connectivity index (χ3v) is 5.16. The monoisotopic (exact) mass is 280 g/mol. The van der Waals surface area contributed by atoms with Gasteiger partial charge in [-0.05, 0) is 31.6 Å². The first-order valence-corrected chi connectivity index (χ1v) is 7.88. The molecular formula is C16H28N2O2. The number of nitrogens with zero attached hydrogens (tertiary/aromatic N) is 1. The van der Waals surface area contributed by atoms with Crippen molar-refractivity contribution < 1.29 is 9.59 Å². The molecule has 1 saturated heterocycles. The van der Waals surface area contributed by atoms with Crippen molar-refractivity contribution in [2.45, 2.75) is 84.3 Å². The average molecular weight is 280 g/mol. The van der Waals surface area contributed by atoms with Crippen LogP contribution in [-0.4, -0.2) is 34.3 Å². The lowest BCUT2D eigenvalue weighted by Crippen LogP contribution is -2.71. The van der Waals surface area contributed by atoms with E-state index in [1.54, 1.807) is 0 Å². The molecule has 0 aromatic carbocycles. The van der Waals surface area contributed by atoms with Crippen molar-refractivity contribution in [2.24, 2.45) is 5.41 Å². The van der Waals surface area contributed by atoms with Crippen molar-refractivity contribution in [3.8, 4) is 0 Å². The topological polar surface area (TPSA) is 49.4 Å². The smallest absolute Gasteiger partial charge is 0.249 e. The van der Waals surface area contributed by atoms with E-state index in [-0.39, 0.29) is 29.3 Å². The fraction of sp³-hybridized carbons (Fsp3) is 0.875. The van der Waals surface area contributed by atoms with Crippen LogP contribution in [0.4, 0.5) is 0 Å². The SMILES string of the molecule is CCC1C(=O)NC2(CCCC2)C(=O)N1C(C)C(C)(C)C. The Morgan fingerprint density at radius 1 is 1.30 bits per heavy atom. The molecule has 114 valence electrons. The molecule has 1 spiro atoms. The Morgan fingerprint density at radius 3 is 2.30 bits per heavy atom. The molecule has 0 radical (unpaired) electrons. The van der Waals surface area contributed by atoms with E-state index in [2.05, 4.69) is 33.0 Å². The van der Waals surface area contributed by atoms with Gasteiger partial charge in [0.1, 0.15) is 11.6 Å². The van der Waals surface area contributed by atoms with E-state index in [9.17, 15) is 9.59 Å². The normalized spacial score (nSPS) is 27.9. The van der Waals surface area contributed by atoms with Crippen LogP contribution in [0.3, 0.4) is 0 Å². The minimum absolute atomic E-state index is 0.0273. The summed E-state index contributed by atoms with van der Waals surface area (Å²) < 4.78 is 0. The molecule has 4 nitrogen and oxygen atoms in total. The predicted molar refractivity (Wildman–Crippen MR) is 79.2 cm³/mol. The van der Waals surface area contributed by atoms with Gasteiger partial charge in [-0.25, -0.2) is 0 Å². The number of hydrogen-bond donors (Lipinski definition) is 1. The zero-order valence-electron chi connectivity index (χ0n) is 13.5. The number of nitrogens with one attached hydrogen (secondary N) is 1. The van der Waals surface area contributed by atoms with Gasteiger partial charge in [-0.2, -0.15) is 0 Å². The lowest BCUT2D eigenvalue weighted by molar-refractivity contribution is -0.160. The minimum Gasteiger partial charge on any atom is -0.340 e. The van der Waals surface area contributed by atoms with E-state index >= 15 is 0 Å². The molecule has 2 unspecified atom stereocenters. The molecule has 20 heavy (non-hydrogen) atoms. The Balaban J connectivity index is 2.38. The lowest BCUT2D eigenvalue weighted by atomic mass is 9.82. The molecule has 0 aromatic heterocycles. The van der Waals surface area contributed by atoms with Crippen LogP contribution in [0.5, 0.6) is 0 Å². The zero-order chi connectivity index (χ0) is 15.1. The van der Waals surface area contributed by atoms with Gasteiger partial charge < -0.3 is 10.2 Å². The molecule has 1 aliphatic heterocycles. The van der Waals surface area contributed by atoms with Crippen molar-refractivity contribution >= 4 is 11.8 Å². The van der Waals surface area contributed by atoms with Crippen molar-refractivity contribution in [1.82, 2.24) is 10.2 Å². The van der Waals surface area contributed by atoms with Crippen LogP contribution in [-0.2, 0) is 9.59 Å². The van der Waals surface area contributed by atoms with Crippen molar-refractivity contribution in [3.63, 3.8) is 0 Å². The van der Waals surface area contributed by atoms with E-state index in [1.807, 2.05) is 11.8 Å². The van der Waals surface area contributed by atoms with Gasteiger partial charge in [0.2, 0.25) is 11.8 Å². The maximum Gasteiger partial charge on any atom is 0.249 e. The van der Waals surface area contributed by atoms with E-state index in [1.165, 1.54) is 0 Å². The number of carbonyl (C=O) groups is 2. The summed E-state index contributed by atoms with van der Waals surface area (Å²) >= 11 is 0. The standard InChI is InChI=1S/C16H28N2O2/c1-6-12-13(19)17-16(9-7-8-10-16)14(20)18(12)11(2)15(3,4)5/h11-12H,6-10H2,1-5H3,(H,17,19). The van der Waals surface area contributed by atoms with Crippen molar-refractivity contribution in [3.05, 3.63) is 0 Å². The van der Waals surface area contributed by atoms with Crippen LogP contribution in [0.15, 0.2) is 0 Å². The van der Waals surface area contributed by atoms with Gasteiger partial charge in [0.25, 0.3) is 0 Å². The van der Waals surface area contributed by atoms with Gasteiger partial charge in [-0.1, -0.05) is 40.5 Å². The largest absolute Gasteiger partial charge is 0.340 e. The molecule has 0 bridgehead atoms. The van der Waals surface area contributed by atoms with Gasteiger partial charge >= 0.3 is 0 Å². The second kappa shape index (κ2) is 5.05. The summed E-state index contributed by atoms with van der Waals surface area (Å²) in [5.74, 6) is 0.175. The van der Waals surface area contributed by atoms with Gasteiger partial charge in [0, 0.05) is 6.04 Å². The highest BCUT2D eigenvalue weighted by Crippen LogP contribution is 2.38. The average Bonchev–Trinajstić information content (AvgIpc) is 2.81. The quantitative estimate of drug-likeness (QED) is 0.844. The predicted octanol–water partition coefficient (Wildman–Crippen LogP) is 2.47. The molecule has 4 heteroatoms. The summed E-state index contributed by atoms with van der Waals surface area (Å²) in [5, 5.41) is 3.05. The Kier molecular flexibility index (Phi) is 3.87. The van der Waals surface area contributed by atoms with E-state index < -0.39 is 5.54 Å². The number of carbonyl (C=O) groups excluding carboxylic acids is 2. The highest BCUT2D eigenvalue weighted by Gasteiger charge is 2.53. The molecule has 1 N–H and O–H groups in total. The molecule has 2 fully saturated rings. The molecule has 1 aliphatic carbocycles. The first-order valence-electron chi connectivity index (χ1n) is 7.88. The van der Waals surface area contributed by atoms with Crippen LogP contribution in [0, 0.1) is 5.41 Å². The molecule has 2 aliphatic rings. The van der Waals surface area contributed by atoms with E-state index in [0.29, 0.717) is 6.42 Å². The Hall–Kier alpha value is -1.06. The van der Waals surface area contributed by atoms with Crippen LogP contribution in [0.2, 0.25) is 0 Å². The second-order valence-corrected chi connectivity index (χ2v) is 7.46. The summed E-state index contributed by atoms with van der Waals surface area (Å²) in [4.78, 5) is 27.4. The Morgan fingerprint density at radius 2 is 1.85 bits per heavy atom. The number of rotatable bonds is 2. The fourth-order valence-corrected chi connectivity index (χ4v) is 3.45. The maximum absolute atomic E-state index is 13.1. The van der Waals surface area contributed by atoms with Gasteiger partial charge in [0.05, 0.1) is 0 Å². The van der Waals surface area contributed by atoms with E-state index in [0.717, 1.165) is 25.7 Å². The molecular weight excluding hydrogens is 252 g/mol. The van der Waals surface area contributed by atoms with Crippen LogP contribution in [0.25, 0.3) is 0 Å².